The molecule has 0 aliphatic heterocycles. The molecule has 0 saturated heterocycles. The van der Waals surface area contributed by atoms with E-state index in [2.05, 4.69) is 19.7 Å². The van der Waals surface area contributed by atoms with E-state index >= 15 is 0 Å². The summed E-state index contributed by atoms with van der Waals surface area (Å²) in [5, 5.41) is 0. The predicted molar refractivity (Wildman–Crippen MR) is 145 cm³/mol. The fourth-order valence-electron chi connectivity index (χ4n) is 3.33. The zero-order valence-electron chi connectivity index (χ0n) is 21.0. The first kappa shape index (κ1) is 28.1. The van der Waals surface area contributed by atoms with Crippen LogP contribution in [0.25, 0.3) is 22.3 Å². The van der Waals surface area contributed by atoms with E-state index in [0.29, 0.717) is 22.3 Å². The molecule has 3 aromatic carbocycles. The molecule has 39 heavy (non-hydrogen) atoms. The Morgan fingerprint density at radius 2 is 0.923 bits per heavy atom. The summed E-state index contributed by atoms with van der Waals surface area (Å²) < 4.78 is 21.4. The average molecular weight is 525 g/mol. The summed E-state index contributed by atoms with van der Waals surface area (Å²) in [7, 11) is 0. The number of benzene rings is 3. The van der Waals surface area contributed by atoms with Gasteiger partial charge in [0.15, 0.2) is 0 Å². The van der Waals surface area contributed by atoms with Gasteiger partial charge in [-0.2, -0.15) is 0 Å². The molecule has 0 aliphatic rings. The van der Waals surface area contributed by atoms with Crippen molar-refractivity contribution in [3.05, 3.63) is 111 Å². The van der Waals surface area contributed by atoms with Crippen LogP contribution in [0.5, 0.6) is 23.0 Å². The summed E-state index contributed by atoms with van der Waals surface area (Å²) in [6.07, 6.45) is 5.90. The van der Waals surface area contributed by atoms with Crippen LogP contribution in [0.2, 0.25) is 0 Å². The second-order valence-corrected chi connectivity index (χ2v) is 7.69. The van der Waals surface area contributed by atoms with Gasteiger partial charge in [-0.15, -0.1) is 0 Å². The van der Waals surface area contributed by atoms with Crippen molar-refractivity contribution in [2.75, 3.05) is 0 Å². The Bertz CT molecular complexity index is 1460. The van der Waals surface area contributed by atoms with Crippen molar-refractivity contribution in [1.29, 1.82) is 0 Å². The van der Waals surface area contributed by atoms with E-state index in [-0.39, 0.29) is 23.0 Å². The highest BCUT2D eigenvalue weighted by molar-refractivity contribution is 5.91. The molecule has 3 rings (SSSR count). The molecule has 0 fully saturated rings. The van der Waals surface area contributed by atoms with Crippen molar-refractivity contribution >= 4 is 23.9 Å². The summed E-state index contributed by atoms with van der Waals surface area (Å²) in [5.74, 6) is -1.67. The third-order valence-electron chi connectivity index (χ3n) is 5.07. The SMILES string of the molecule is C=CC(=O)Oc1ccc(-c2cc(OC(=O)/C=C/C)c(-c3ccc(OC(=O)C=C)cc3)cc2OC(=O)C=C)cc1. The van der Waals surface area contributed by atoms with E-state index in [1.807, 2.05) is 0 Å². The van der Waals surface area contributed by atoms with Gasteiger partial charge >= 0.3 is 23.9 Å². The standard InChI is InChI=1S/C31H24O8/c1-5-9-31(35)39-27-19-24(20-10-14-22(15-11-20)36-28(32)6-2)26(38-30(34)8-4)18-25(27)21-12-16-23(17-13-21)37-29(33)7-3/h5-19H,2-4H2,1H3/b9-5+. The molecule has 0 heterocycles. The molecule has 0 unspecified atom stereocenters. The van der Waals surface area contributed by atoms with Crippen molar-refractivity contribution < 1.29 is 38.1 Å². The van der Waals surface area contributed by atoms with E-state index in [4.69, 9.17) is 18.9 Å². The quantitative estimate of drug-likeness (QED) is 0.187. The van der Waals surface area contributed by atoms with Crippen LogP contribution in [0.4, 0.5) is 0 Å². The lowest BCUT2D eigenvalue weighted by Crippen LogP contribution is -2.08. The lowest BCUT2D eigenvalue weighted by molar-refractivity contribution is -0.130. The Morgan fingerprint density at radius 1 is 0.564 bits per heavy atom. The van der Waals surface area contributed by atoms with E-state index < -0.39 is 23.9 Å². The van der Waals surface area contributed by atoms with Crippen molar-refractivity contribution in [2.45, 2.75) is 6.92 Å². The maximum absolute atomic E-state index is 12.4. The Balaban J connectivity index is 2.16. The molecule has 0 radical (unpaired) electrons. The third-order valence-corrected chi connectivity index (χ3v) is 5.07. The van der Waals surface area contributed by atoms with Gasteiger partial charge in [0.2, 0.25) is 0 Å². The second-order valence-electron chi connectivity index (χ2n) is 7.69. The van der Waals surface area contributed by atoms with Gasteiger partial charge in [0.25, 0.3) is 0 Å². The summed E-state index contributed by atoms with van der Waals surface area (Å²) in [4.78, 5) is 47.6. The monoisotopic (exact) mass is 524 g/mol. The van der Waals surface area contributed by atoms with E-state index in [1.165, 1.54) is 12.2 Å². The minimum absolute atomic E-state index is 0.152. The number of hydrogen-bond donors (Lipinski definition) is 0. The number of rotatable bonds is 10. The maximum Gasteiger partial charge on any atom is 0.335 e. The number of carbonyl (C=O) groups excluding carboxylic acids is 4. The Hall–Kier alpha value is -5.50. The molecule has 0 N–H and O–H groups in total. The molecule has 3 aromatic rings. The number of carbonyl (C=O) groups is 4. The van der Waals surface area contributed by atoms with Crippen LogP contribution in [0.15, 0.2) is 111 Å². The van der Waals surface area contributed by atoms with Gasteiger partial charge < -0.3 is 18.9 Å². The largest absolute Gasteiger partial charge is 0.423 e. The second kappa shape index (κ2) is 13.2. The molecule has 0 aliphatic carbocycles. The molecule has 8 nitrogen and oxygen atoms in total. The predicted octanol–water partition coefficient (Wildman–Crippen LogP) is 5.78. The fourth-order valence-corrected chi connectivity index (χ4v) is 3.33. The lowest BCUT2D eigenvalue weighted by Gasteiger charge is -2.16. The fraction of sp³-hybridized carbons (Fsp3) is 0.0323. The minimum Gasteiger partial charge on any atom is -0.423 e. The minimum atomic E-state index is -0.705. The first-order valence-electron chi connectivity index (χ1n) is 11.5. The van der Waals surface area contributed by atoms with Gasteiger partial charge in [-0.1, -0.05) is 50.1 Å². The average Bonchev–Trinajstić information content (AvgIpc) is 2.94. The highest BCUT2D eigenvalue weighted by Crippen LogP contribution is 2.42. The molecule has 0 saturated carbocycles. The van der Waals surface area contributed by atoms with Crippen molar-refractivity contribution in [2.24, 2.45) is 0 Å². The van der Waals surface area contributed by atoms with Crippen LogP contribution in [-0.2, 0) is 19.2 Å². The summed E-state index contributed by atoms with van der Waals surface area (Å²) in [6.45, 7) is 11.9. The number of allylic oxidation sites excluding steroid dienone is 1. The maximum atomic E-state index is 12.4. The highest BCUT2D eigenvalue weighted by Gasteiger charge is 2.19. The molecule has 0 amide bonds. The molecule has 0 aromatic heterocycles. The van der Waals surface area contributed by atoms with Gasteiger partial charge in [0.1, 0.15) is 23.0 Å². The molecular formula is C31H24O8. The summed E-state index contributed by atoms with van der Waals surface area (Å²) >= 11 is 0. The van der Waals surface area contributed by atoms with Crippen LogP contribution in [-0.4, -0.2) is 23.9 Å². The highest BCUT2D eigenvalue weighted by atomic mass is 16.5. The van der Waals surface area contributed by atoms with Gasteiger partial charge in [-0.05, 0) is 54.4 Å². The van der Waals surface area contributed by atoms with E-state index in [1.54, 1.807) is 67.6 Å². The lowest BCUT2D eigenvalue weighted by atomic mass is 9.97. The summed E-state index contributed by atoms with van der Waals surface area (Å²) in [6, 6.07) is 15.9. The Kier molecular flexibility index (Phi) is 9.48. The number of esters is 4. The van der Waals surface area contributed by atoms with E-state index in [9.17, 15) is 19.2 Å². The zero-order valence-corrected chi connectivity index (χ0v) is 21.0. The molecule has 8 heteroatoms. The topological polar surface area (TPSA) is 105 Å². The van der Waals surface area contributed by atoms with Gasteiger partial charge in [-0.3, -0.25) is 0 Å². The Morgan fingerprint density at radius 3 is 1.28 bits per heavy atom. The van der Waals surface area contributed by atoms with Gasteiger partial charge in [-0.25, -0.2) is 19.2 Å². The molecule has 0 atom stereocenters. The van der Waals surface area contributed by atoms with Crippen LogP contribution < -0.4 is 18.9 Å². The van der Waals surface area contributed by atoms with Gasteiger partial charge in [0.05, 0.1) is 0 Å². The Labute approximate surface area is 225 Å². The number of ether oxygens (including phenoxy) is 4. The van der Waals surface area contributed by atoms with Crippen molar-refractivity contribution in [3.63, 3.8) is 0 Å². The van der Waals surface area contributed by atoms with E-state index in [0.717, 1.165) is 18.2 Å². The van der Waals surface area contributed by atoms with Crippen molar-refractivity contribution in [1.82, 2.24) is 0 Å². The van der Waals surface area contributed by atoms with Crippen LogP contribution in [0.1, 0.15) is 6.92 Å². The smallest absolute Gasteiger partial charge is 0.335 e. The first-order valence-corrected chi connectivity index (χ1v) is 11.5. The molecule has 0 spiro atoms. The number of hydrogen-bond acceptors (Lipinski definition) is 8. The normalized spacial score (nSPS) is 10.3. The zero-order chi connectivity index (χ0) is 28.4. The third kappa shape index (κ3) is 7.50. The molecule has 196 valence electrons. The van der Waals surface area contributed by atoms with Gasteiger partial charge in [0, 0.05) is 35.4 Å². The molecule has 0 bridgehead atoms. The van der Waals surface area contributed by atoms with Crippen molar-refractivity contribution in [3.8, 4) is 45.3 Å². The van der Waals surface area contributed by atoms with Crippen LogP contribution in [0.3, 0.4) is 0 Å². The first-order chi connectivity index (χ1) is 18.8. The summed E-state index contributed by atoms with van der Waals surface area (Å²) in [5.41, 5.74) is 1.98. The van der Waals surface area contributed by atoms with Crippen LogP contribution in [0, 0.1) is 0 Å². The molecular weight excluding hydrogens is 500 g/mol. The van der Waals surface area contributed by atoms with Crippen LogP contribution >= 0.6 is 0 Å².